The molecule has 0 radical (unpaired) electrons. The van der Waals surface area contributed by atoms with Crippen LogP contribution in [0.1, 0.15) is 55.5 Å². The van der Waals surface area contributed by atoms with Gasteiger partial charge in [0.25, 0.3) is 0 Å². The van der Waals surface area contributed by atoms with Gasteiger partial charge in [0.15, 0.2) is 5.96 Å². The monoisotopic (exact) mass is 364 g/mol. The van der Waals surface area contributed by atoms with Crippen LogP contribution in [-0.2, 0) is 11.3 Å². The lowest BCUT2D eigenvalue weighted by Gasteiger charge is -2.35. The second-order valence-electron chi connectivity index (χ2n) is 6.92. The van der Waals surface area contributed by atoms with Crippen molar-refractivity contribution >= 4 is 11.9 Å². The molecule has 1 aliphatic heterocycles. The SMILES string of the molecule is CCNC(=NCc1cc(C(=O)OC)c(C)o1)NC1CCN(C(C)C)CC1. The smallest absolute Gasteiger partial charge is 0.341 e. The van der Waals surface area contributed by atoms with E-state index >= 15 is 0 Å². The minimum atomic E-state index is -0.386. The van der Waals surface area contributed by atoms with Gasteiger partial charge in [-0.2, -0.15) is 0 Å². The number of esters is 1. The molecule has 0 saturated carbocycles. The molecule has 2 heterocycles. The molecule has 146 valence electrons. The second-order valence-corrected chi connectivity index (χ2v) is 6.92. The zero-order valence-electron chi connectivity index (χ0n) is 16.6. The number of hydrogen-bond donors (Lipinski definition) is 2. The number of hydrogen-bond acceptors (Lipinski definition) is 5. The number of ether oxygens (including phenoxy) is 1. The molecule has 0 atom stereocenters. The van der Waals surface area contributed by atoms with Crippen LogP contribution >= 0.6 is 0 Å². The van der Waals surface area contributed by atoms with Crippen LogP contribution in [0.25, 0.3) is 0 Å². The lowest BCUT2D eigenvalue weighted by atomic mass is 10.0. The highest BCUT2D eigenvalue weighted by atomic mass is 16.5. The molecule has 1 fully saturated rings. The molecule has 1 aromatic heterocycles. The summed E-state index contributed by atoms with van der Waals surface area (Å²) in [5.74, 6) is 1.60. The highest BCUT2D eigenvalue weighted by Gasteiger charge is 2.21. The Labute approximate surface area is 156 Å². The van der Waals surface area contributed by atoms with Crippen molar-refractivity contribution in [2.45, 2.75) is 59.2 Å². The summed E-state index contributed by atoms with van der Waals surface area (Å²) in [5, 5.41) is 6.80. The van der Waals surface area contributed by atoms with Gasteiger partial charge >= 0.3 is 5.97 Å². The minimum absolute atomic E-state index is 0.373. The first kappa shape index (κ1) is 20.3. The van der Waals surface area contributed by atoms with Crippen molar-refractivity contribution in [2.75, 3.05) is 26.7 Å². The van der Waals surface area contributed by atoms with Gasteiger partial charge in [0, 0.05) is 31.7 Å². The molecule has 1 aromatic rings. The van der Waals surface area contributed by atoms with Gasteiger partial charge in [0.05, 0.1) is 7.11 Å². The first-order chi connectivity index (χ1) is 12.4. The number of aryl methyl sites for hydroxylation is 1. The molecular weight excluding hydrogens is 332 g/mol. The highest BCUT2D eigenvalue weighted by molar-refractivity contribution is 5.90. The van der Waals surface area contributed by atoms with E-state index < -0.39 is 0 Å². The number of rotatable bonds is 6. The van der Waals surface area contributed by atoms with Gasteiger partial charge in [-0.15, -0.1) is 0 Å². The lowest BCUT2D eigenvalue weighted by Crippen LogP contribution is -2.49. The van der Waals surface area contributed by atoms with Crippen molar-refractivity contribution in [3.8, 4) is 0 Å². The van der Waals surface area contributed by atoms with Crippen LogP contribution in [0, 0.1) is 6.92 Å². The summed E-state index contributed by atoms with van der Waals surface area (Å²) in [5.41, 5.74) is 0.455. The number of piperidine rings is 1. The summed E-state index contributed by atoms with van der Waals surface area (Å²) in [4.78, 5) is 18.8. The van der Waals surface area contributed by atoms with Crippen LogP contribution in [0.3, 0.4) is 0 Å². The van der Waals surface area contributed by atoms with Crippen molar-refractivity contribution in [3.05, 3.63) is 23.2 Å². The van der Waals surface area contributed by atoms with Crippen LogP contribution in [0.4, 0.5) is 0 Å². The molecule has 1 saturated heterocycles. The third-order valence-corrected chi connectivity index (χ3v) is 4.71. The minimum Gasteiger partial charge on any atom is -0.465 e. The molecule has 1 aliphatic rings. The van der Waals surface area contributed by atoms with Crippen molar-refractivity contribution in [1.82, 2.24) is 15.5 Å². The zero-order valence-corrected chi connectivity index (χ0v) is 16.6. The molecule has 0 spiro atoms. The molecule has 7 nitrogen and oxygen atoms in total. The Morgan fingerprint density at radius 2 is 2.12 bits per heavy atom. The number of nitrogens with one attached hydrogen (secondary N) is 2. The maximum Gasteiger partial charge on any atom is 0.341 e. The number of carbonyl (C=O) groups excluding carboxylic acids is 1. The standard InChI is InChI=1S/C19H32N4O3/c1-6-20-19(22-15-7-9-23(10-8-15)13(2)3)21-12-16-11-17(14(4)26-16)18(24)25-5/h11,13,15H,6-10,12H2,1-5H3,(H2,20,21,22). The molecule has 2 N–H and O–H groups in total. The fourth-order valence-electron chi connectivity index (χ4n) is 3.16. The first-order valence-corrected chi connectivity index (χ1v) is 9.41. The number of carbonyl (C=O) groups is 1. The van der Waals surface area contributed by atoms with Crippen molar-refractivity contribution in [3.63, 3.8) is 0 Å². The van der Waals surface area contributed by atoms with Gasteiger partial charge in [0.1, 0.15) is 23.6 Å². The molecule has 0 amide bonds. The Morgan fingerprint density at radius 3 is 2.69 bits per heavy atom. The average Bonchev–Trinajstić information content (AvgIpc) is 3.00. The maximum absolute atomic E-state index is 11.7. The van der Waals surface area contributed by atoms with E-state index in [2.05, 4.69) is 34.4 Å². The third-order valence-electron chi connectivity index (χ3n) is 4.71. The molecule has 0 bridgehead atoms. The van der Waals surface area contributed by atoms with E-state index in [1.807, 2.05) is 6.92 Å². The van der Waals surface area contributed by atoms with Gasteiger partial charge in [-0.3, -0.25) is 0 Å². The predicted octanol–water partition coefficient (Wildman–Crippen LogP) is 2.30. The van der Waals surface area contributed by atoms with Gasteiger partial charge in [-0.25, -0.2) is 9.79 Å². The molecule has 0 unspecified atom stereocenters. The molecule has 2 rings (SSSR count). The summed E-state index contributed by atoms with van der Waals surface area (Å²) in [6, 6.07) is 2.73. The van der Waals surface area contributed by atoms with Crippen LogP contribution < -0.4 is 10.6 Å². The van der Waals surface area contributed by atoms with Gasteiger partial charge in [-0.05, 0) is 46.6 Å². The molecule has 26 heavy (non-hydrogen) atoms. The van der Waals surface area contributed by atoms with E-state index in [1.165, 1.54) is 7.11 Å². The van der Waals surface area contributed by atoms with Crippen LogP contribution in [0.5, 0.6) is 0 Å². The van der Waals surface area contributed by atoms with Crippen LogP contribution in [-0.4, -0.2) is 55.7 Å². The number of likely N-dealkylation sites (tertiary alicyclic amines) is 1. The van der Waals surface area contributed by atoms with Gasteiger partial charge in [0.2, 0.25) is 0 Å². The normalized spacial score (nSPS) is 16.8. The summed E-state index contributed by atoms with van der Waals surface area (Å²) in [7, 11) is 1.37. The summed E-state index contributed by atoms with van der Waals surface area (Å²) < 4.78 is 10.4. The van der Waals surface area contributed by atoms with Gasteiger partial charge in [-0.1, -0.05) is 0 Å². The second kappa shape index (κ2) is 9.62. The molecule has 0 aromatic carbocycles. The molecule has 7 heteroatoms. The first-order valence-electron chi connectivity index (χ1n) is 9.41. The van der Waals surface area contributed by atoms with E-state index in [4.69, 9.17) is 9.15 Å². The summed E-state index contributed by atoms with van der Waals surface area (Å²) >= 11 is 0. The third kappa shape index (κ3) is 5.49. The molecular formula is C19H32N4O3. The Hall–Kier alpha value is -2.02. The molecule has 0 aliphatic carbocycles. The Balaban J connectivity index is 1.96. The van der Waals surface area contributed by atoms with Gasteiger partial charge < -0.3 is 24.7 Å². The lowest BCUT2D eigenvalue weighted by molar-refractivity contribution is 0.0599. The number of furan rings is 1. The zero-order chi connectivity index (χ0) is 19.1. The van der Waals surface area contributed by atoms with E-state index in [0.717, 1.165) is 38.4 Å². The Kier molecular flexibility index (Phi) is 7.50. The summed E-state index contributed by atoms with van der Waals surface area (Å²) in [6.07, 6.45) is 2.21. The Bertz CT molecular complexity index is 616. The highest BCUT2D eigenvalue weighted by Crippen LogP contribution is 2.17. The average molecular weight is 364 g/mol. The fraction of sp³-hybridized carbons (Fsp3) is 0.684. The number of guanidine groups is 1. The number of nitrogens with zero attached hydrogens (tertiary/aromatic N) is 2. The van der Waals surface area contributed by atoms with Crippen molar-refractivity contribution in [2.24, 2.45) is 4.99 Å². The largest absolute Gasteiger partial charge is 0.465 e. The van der Waals surface area contributed by atoms with E-state index in [1.54, 1.807) is 13.0 Å². The topological polar surface area (TPSA) is 79.1 Å². The van der Waals surface area contributed by atoms with Crippen molar-refractivity contribution in [1.29, 1.82) is 0 Å². The number of methoxy groups -OCH3 is 1. The van der Waals surface area contributed by atoms with Crippen molar-refractivity contribution < 1.29 is 13.9 Å². The maximum atomic E-state index is 11.7. The quantitative estimate of drug-likeness (QED) is 0.458. The number of aliphatic imine (C=N–C) groups is 1. The Morgan fingerprint density at radius 1 is 1.42 bits per heavy atom. The van der Waals surface area contributed by atoms with E-state index in [-0.39, 0.29) is 5.97 Å². The van der Waals surface area contributed by atoms with E-state index in [9.17, 15) is 4.79 Å². The fourth-order valence-corrected chi connectivity index (χ4v) is 3.16. The van der Waals surface area contributed by atoms with Crippen LogP contribution in [0.15, 0.2) is 15.5 Å². The summed E-state index contributed by atoms with van der Waals surface area (Å²) in [6.45, 7) is 11.7. The predicted molar refractivity (Wildman–Crippen MR) is 102 cm³/mol. The van der Waals surface area contributed by atoms with E-state index in [0.29, 0.717) is 35.7 Å². The van der Waals surface area contributed by atoms with Crippen LogP contribution in [0.2, 0.25) is 0 Å².